The van der Waals surface area contributed by atoms with Gasteiger partial charge in [0.2, 0.25) is 0 Å². The Morgan fingerprint density at radius 1 is 1.36 bits per heavy atom. The van der Waals surface area contributed by atoms with Gasteiger partial charge in [0, 0.05) is 0 Å². The SMILES string of the molecule is CC(C)CCCCNC(C)C(N)=NO. The van der Waals surface area contributed by atoms with Crippen molar-refractivity contribution in [1.82, 2.24) is 5.32 Å². The largest absolute Gasteiger partial charge is 0.409 e. The molecule has 0 aliphatic heterocycles. The highest BCUT2D eigenvalue weighted by molar-refractivity contribution is 5.84. The van der Waals surface area contributed by atoms with E-state index in [9.17, 15) is 0 Å². The Labute approximate surface area is 86.6 Å². The fourth-order valence-electron chi connectivity index (χ4n) is 1.19. The van der Waals surface area contributed by atoms with E-state index in [1.807, 2.05) is 6.92 Å². The van der Waals surface area contributed by atoms with E-state index in [-0.39, 0.29) is 11.9 Å². The highest BCUT2D eigenvalue weighted by Gasteiger charge is 2.05. The molecule has 4 N–H and O–H groups in total. The van der Waals surface area contributed by atoms with Crippen LogP contribution in [0.3, 0.4) is 0 Å². The van der Waals surface area contributed by atoms with Crippen LogP contribution in [-0.2, 0) is 0 Å². The third kappa shape index (κ3) is 6.71. The number of nitrogens with two attached hydrogens (primary N) is 1. The molecule has 0 aliphatic carbocycles. The molecule has 0 aliphatic rings. The molecule has 0 amide bonds. The van der Waals surface area contributed by atoms with Crippen molar-refractivity contribution in [3.05, 3.63) is 0 Å². The van der Waals surface area contributed by atoms with Gasteiger partial charge in [-0.3, -0.25) is 0 Å². The van der Waals surface area contributed by atoms with E-state index >= 15 is 0 Å². The molecule has 0 aromatic rings. The van der Waals surface area contributed by atoms with E-state index in [1.54, 1.807) is 0 Å². The first kappa shape index (κ1) is 13.2. The summed E-state index contributed by atoms with van der Waals surface area (Å²) >= 11 is 0. The minimum absolute atomic E-state index is 0.0425. The van der Waals surface area contributed by atoms with Crippen molar-refractivity contribution >= 4 is 5.84 Å². The first-order chi connectivity index (χ1) is 6.57. The second-order valence-electron chi connectivity index (χ2n) is 4.09. The van der Waals surface area contributed by atoms with Crippen LogP contribution in [-0.4, -0.2) is 23.6 Å². The minimum atomic E-state index is -0.0425. The fourth-order valence-corrected chi connectivity index (χ4v) is 1.19. The molecule has 0 saturated heterocycles. The third-order valence-corrected chi connectivity index (χ3v) is 2.22. The predicted molar refractivity (Wildman–Crippen MR) is 59.6 cm³/mol. The van der Waals surface area contributed by atoms with Crippen molar-refractivity contribution in [3.63, 3.8) is 0 Å². The summed E-state index contributed by atoms with van der Waals surface area (Å²) in [4.78, 5) is 0. The van der Waals surface area contributed by atoms with Gasteiger partial charge in [0.15, 0.2) is 5.84 Å². The second kappa shape index (κ2) is 7.62. The van der Waals surface area contributed by atoms with Crippen LogP contribution in [0.15, 0.2) is 5.16 Å². The zero-order valence-electron chi connectivity index (χ0n) is 9.45. The molecule has 0 saturated carbocycles. The summed E-state index contributed by atoms with van der Waals surface area (Å²) in [6, 6.07) is -0.0425. The Morgan fingerprint density at radius 3 is 2.50 bits per heavy atom. The molecular formula is C10H23N3O. The molecule has 1 unspecified atom stereocenters. The molecule has 0 aromatic carbocycles. The molecule has 0 aromatic heterocycles. The molecule has 1 atom stereocenters. The first-order valence-electron chi connectivity index (χ1n) is 5.28. The van der Waals surface area contributed by atoms with Crippen molar-refractivity contribution in [2.75, 3.05) is 6.54 Å². The van der Waals surface area contributed by atoms with Gasteiger partial charge in [0.05, 0.1) is 6.04 Å². The number of amidine groups is 1. The average molecular weight is 201 g/mol. The van der Waals surface area contributed by atoms with Crippen LogP contribution in [0, 0.1) is 5.92 Å². The van der Waals surface area contributed by atoms with Crippen LogP contribution in [0.1, 0.15) is 40.0 Å². The Hall–Kier alpha value is -0.770. The number of nitrogens with zero attached hydrogens (tertiary/aromatic N) is 1. The average Bonchev–Trinajstić information content (AvgIpc) is 2.15. The maximum Gasteiger partial charge on any atom is 0.156 e. The molecule has 4 heteroatoms. The van der Waals surface area contributed by atoms with Crippen molar-refractivity contribution in [1.29, 1.82) is 0 Å². The monoisotopic (exact) mass is 201 g/mol. The fraction of sp³-hybridized carbons (Fsp3) is 0.900. The van der Waals surface area contributed by atoms with Gasteiger partial charge in [-0.05, 0) is 25.8 Å². The van der Waals surface area contributed by atoms with E-state index in [0.717, 1.165) is 18.9 Å². The maximum absolute atomic E-state index is 8.40. The summed E-state index contributed by atoms with van der Waals surface area (Å²) in [6.45, 7) is 7.26. The summed E-state index contributed by atoms with van der Waals surface area (Å²) in [5.74, 6) is 1.02. The first-order valence-corrected chi connectivity index (χ1v) is 5.28. The summed E-state index contributed by atoms with van der Waals surface area (Å²) in [5.41, 5.74) is 5.42. The lowest BCUT2D eigenvalue weighted by Gasteiger charge is -2.12. The van der Waals surface area contributed by atoms with Crippen molar-refractivity contribution < 1.29 is 5.21 Å². The lowest BCUT2D eigenvalue weighted by atomic mass is 10.1. The van der Waals surface area contributed by atoms with Gasteiger partial charge in [-0.25, -0.2) is 0 Å². The topological polar surface area (TPSA) is 70.6 Å². The van der Waals surface area contributed by atoms with Crippen molar-refractivity contribution in [2.45, 2.75) is 46.1 Å². The Morgan fingerprint density at radius 2 is 2.00 bits per heavy atom. The van der Waals surface area contributed by atoms with Crippen LogP contribution in [0.5, 0.6) is 0 Å². The number of hydrogen-bond acceptors (Lipinski definition) is 3. The van der Waals surface area contributed by atoms with Crippen molar-refractivity contribution in [3.8, 4) is 0 Å². The van der Waals surface area contributed by atoms with E-state index in [2.05, 4.69) is 24.3 Å². The number of hydrogen-bond donors (Lipinski definition) is 3. The van der Waals surface area contributed by atoms with Crippen LogP contribution >= 0.6 is 0 Å². The van der Waals surface area contributed by atoms with Gasteiger partial charge in [-0.2, -0.15) is 0 Å². The molecule has 0 spiro atoms. The maximum atomic E-state index is 8.40. The zero-order chi connectivity index (χ0) is 11.0. The summed E-state index contributed by atoms with van der Waals surface area (Å²) in [6.07, 6.45) is 3.63. The number of rotatable bonds is 7. The van der Waals surface area contributed by atoms with Gasteiger partial charge < -0.3 is 16.3 Å². The molecule has 14 heavy (non-hydrogen) atoms. The minimum Gasteiger partial charge on any atom is -0.409 e. The number of oxime groups is 1. The Bertz CT molecular complexity index is 169. The lowest BCUT2D eigenvalue weighted by Crippen LogP contribution is -2.39. The van der Waals surface area contributed by atoms with Gasteiger partial charge in [-0.15, -0.1) is 0 Å². The smallest absolute Gasteiger partial charge is 0.156 e. The van der Waals surface area contributed by atoms with Crippen LogP contribution in [0.4, 0.5) is 0 Å². The number of nitrogens with one attached hydrogen (secondary N) is 1. The molecule has 84 valence electrons. The standard InChI is InChI=1S/C10H23N3O/c1-8(2)6-4-5-7-12-9(3)10(11)13-14/h8-9,12,14H,4-7H2,1-3H3,(H2,11,13). The van der Waals surface area contributed by atoms with E-state index < -0.39 is 0 Å². The highest BCUT2D eigenvalue weighted by Crippen LogP contribution is 2.05. The zero-order valence-corrected chi connectivity index (χ0v) is 9.45. The molecule has 0 heterocycles. The van der Waals surface area contributed by atoms with E-state index in [4.69, 9.17) is 10.9 Å². The summed E-state index contributed by atoms with van der Waals surface area (Å²) in [7, 11) is 0. The third-order valence-electron chi connectivity index (χ3n) is 2.22. The number of unbranched alkanes of at least 4 members (excludes halogenated alkanes) is 1. The Balaban J connectivity index is 3.36. The van der Waals surface area contributed by atoms with Crippen LogP contribution in [0.2, 0.25) is 0 Å². The summed E-state index contributed by atoms with van der Waals surface area (Å²) < 4.78 is 0. The van der Waals surface area contributed by atoms with Gasteiger partial charge in [0.25, 0.3) is 0 Å². The van der Waals surface area contributed by atoms with E-state index in [1.165, 1.54) is 12.8 Å². The van der Waals surface area contributed by atoms with Gasteiger partial charge in [-0.1, -0.05) is 31.8 Å². The second-order valence-corrected chi connectivity index (χ2v) is 4.09. The highest BCUT2D eigenvalue weighted by atomic mass is 16.4. The molecule has 4 nitrogen and oxygen atoms in total. The van der Waals surface area contributed by atoms with Crippen molar-refractivity contribution in [2.24, 2.45) is 16.8 Å². The van der Waals surface area contributed by atoms with E-state index in [0.29, 0.717) is 0 Å². The summed E-state index contributed by atoms with van der Waals surface area (Å²) in [5, 5.41) is 14.5. The predicted octanol–water partition coefficient (Wildman–Crippen LogP) is 1.54. The normalized spacial score (nSPS) is 14.7. The van der Waals surface area contributed by atoms with Gasteiger partial charge in [0.1, 0.15) is 0 Å². The Kier molecular flexibility index (Phi) is 7.20. The molecule has 0 bridgehead atoms. The molecule has 0 rings (SSSR count). The van der Waals surface area contributed by atoms with Crippen LogP contribution in [0.25, 0.3) is 0 Å². The van der Waals surface area contributed by atoms with Gasteiger partial charge >= 0.3 is 0 Å². The molecule has 0 radical (unpaired) electrons. The lowest BCUT2D eigenvalue weighted by molar-refractivity contribution is 0.315. The molecule has 0 fully saturated rings. The van der Waals surface area contributed by atoms with Crippen LogP contribution < -0.4 is 11.1 Å². The quantitative estimate of drug-likeness (QED) is 0.192. The molecular weight excluding hydrogens is 178 g/mol.